The van der Waals surface area contributed by atoms with Crippen LogP contribution in [0.5, 0.6) is 0 Å². The predicted molar refractivity (Wildman–Crippen MR) is 153 cm³/mol. The monoisotopic (exact) mass is 559 g/mol. The van der Waals surface area contributed by atoms with E-state index in [1.807, 2.05) is 63.2 Å². The Balaban J connectivity index is 1.50. The predicted octanol–water partition coefficient (Wildman–Crippen LogP) is 6.47. The van der Waals surface area contributed by atoms with Gasteiger partial charge in [0.25, 0.3) is 5.91 Å². The van der Waals surface area contributed by atoms with Crippen molar-refractivity contribution < 1.29 is 14.7 Å². The summed E-state index contributed by atoms with van der Waals surface area (Å²) in [7, 11) is 0. The summed E-state index contributed by atoms with van der Waals surface area (Å²) in [5.41, 5.74) is 5.83. The Morgan fingerprint density at radius 2 is 1.77 bits per heavy atom. The Bertz CT molecular complexity index is 1600. The lowest BCUT2D eigenvalue weighted by Gasteiger charge is -2.29. The van der Waals surface area contributed by atoms with Gasteiger partial charge in [-0.3, -0.25) is 4.79 Å². The van der Waals surface area contributed by atoms with Crippen LogP contribution in [-0.4, -0.2) is 31.7 Å². The zero-order valence-electron chi connectivity index (χ0n) is 21.5. The molecule has 8 nitrogen and oxygen atoms in total. The first-order valence-electron chi connectivity index (χ1n) is 12.2. The van der Waals surface area contributed by atoms with E-state index in [4.69, 9.17) is 16.7 Å². The number of hydrogen-bond acceptors (Lipinski definition) is 6. The molecule has 0 bridgehead atoms. The number of fused-ring (bicyclic) bond motifs is 1. The molecule has 39 heavy (non-hydrogen) atoms. The molecule has 1 aliphatic rings. The van der Waals surface area contributed by atoms with Crippen LogP contribution < -0.4 is 10.6 Å². The molecule has 0 saturated heterocycles. The van der Waals surface area contributed by atoms with Crippen molar-refractivity contribution in [3.8, 4) is 0 Å². The zero-order chi connectivity index (χ0) is 27.7. The van der Waals surface area contributed by atoms with E-state index in [0.29, 0.717) is 38.7 Å². The lowest BCUT2D eigenvalue weighted by atomic mass is 9.94. The molecule has 3 N–H and O–H groups in total. The fourth-order valence-corrected chi connectivity index (χ4v) is 5.39. The molecule has 0 radical (unpaired) electrons. The zero-order valence-corrected chi connectivity index (χ0v) is 23.1. The molecule has 0 saturated carbocycles. The molecule has 4 aromatic rings. The second-order valence-corrected chi connectivity index (χ2v) is 10.7. The minimum absolute atomic E-state index is 0.160. The summed E-state index contributed by atoms with van der Waals surface area (Å²) < 4.78 is 1.68. The van der Waals surface area contributed by atoms with Gasteiger partial charge in [-0.2, -0.15) is 4.98 Å². The summed E-state index contributed by atoms with van der Waals surface area (Å²) in [4.78, 5) is 29.9. The molecule has 10 heteroatoms. The molecule has 1 unspecified atom stereocenters. The first-order valence-corrected chi connectivity index (χ1v) is 13.6. The number of aryl methyl sites for hydroxylation is 2. The number of rotatable bonds is 7. The van der Waals surface area contributed by atoms with E-state index >= 15 is 0 Å². The van der Waals surface area contributed by atoms with Crippen molar-refractivity contribution in [2.45, 2.75) is 37.7 Å². The highest BCUT2D eigenvalue weighted by Gasteiger charge is 2.34. The third-order valence-corrected chi connectivity index (χ3v) is 7.62. The molecule has 3 aromatic carbocycles. The number of amides is 1. The first-order chi connectivity index (χ1) is 18.7. The van der Waals surface area contributed by atoms with Crippen molar-refractivity contribution >= 4 is 46.9 Å². The molecule has 0 fully saturated rings. The van der Waals surface area contributed by atoms with Crippen LogP contribution in [0.4, 0.5) is 11.6 Å². The molecule has 1 amide bonds. The van der Waals surface area contributed by atoms with Crippen LogP contribution in [0.3, 0.4) is 0 Å². The molecule has 5 rings (SSSR count). The first kappa shape index (κ1) is 26.5. The van der Waals surface area contributed by atoms with Crippen molar-refractivity contribution in [3.63, 3.8) is 0 Å². The maximum absolute atomic E-state index is 13.7. The summed E-state index contributed by atoms with van der Waals surface area (Å²) in [6, 6.07) is 19.3. The largest absolute Gasteiger partial charge is 0.478 e. The molecular weight excluding hydrogens is 534 g/mol. The van der Waals surface area contributed by atoms with Crippen molar-refractivity contribution in [3.05, 3.63) is 111 Å². The fraction of sp³-hybridized carbons (Fsp3) is 0.172. The summed E-state index contributed by atoms with van der Waals surface area (Å²) in [6.45, 7) is 5.78. The molecular formula is C29H26ClN5O3S. The molecule has 198 valence electrons. The number of thioether (sulfide) groups is 1. The lowest BCUT2D eigenvalue weighted by Crippen LogP contribution is -2.31. The number of benzene rings is 3. The van der Waals surface area contributed by atoms with E-state index in [-0.39, 0.29) is 11.5 Å². The second-order valence-electron chi connectivity index (χ2n) is 9.34. The van der Waals surface area contributed by atoms with Gasteiger partial charge in [0.15, 0.2) is 0 Å². The maximum Gasteiger partial charge on any atom is 0.335 e. The van der Waals surface area contributed by atoms with E-state index in [1.54, 1.807) is 16.8 Å². The highest BCUT2D eigenvalue weighted by Crippen LogP contribution is 2.37. The number of halogens is 1. The van der Waals surface area contributed by atoms with Crippen LogP contribution >= 0.6 is 23.4 Å². The molecule has 0 aliphatic carbocycles. The number of hydrogen-bond donors (Lipinski definition) is 3. The number of allylic oxidation sites excluding steroid dienone is 1. The molecule has 1 aliphatic heterocycles. The van der Waals surface area contributed by atoms with Gasteiger partial charge in [0.2, 0.25) is 11.1 Å². The Hall–Kier alpha value is -4.08. The second kappa shape index (κ2) is 11.0. The van der Waals surface area contributed by atoms with Crippen LogP contribution in [-0.2, 0) is 10.5 Å². The number of carboxylic acids is 1. The Kier molecular flexibility index (Phi) is 7.45. The van der Waals surface area contributed by atoms with Crippen LogP contribution in [0, 0.1) is 13.8 Å². The van der Waals surface area contributed by atoms with Gasteiger partial charge in [0, 0.05) is 22.2 Å². The Labute approximate surface area is 235 Å². The summed E-state index contributed by atoms with van der Waals surface area (Å²) in [5.74, 6) is -0.156. The van der Waals surface area contributed by atoms with Gasteiger partial charge < -0.3 is 15.7 Å². The van der Waals surface area contributed by atoms with Crippen molar-refractivity contribution in [2.75, 3.05) is 10.6 Å². The van der Waals surface area contributed by atoms with E-state index in [2.05, 4.69) is 15.6 Å². The molecule has 1 atom stereocenters. The summed E-state index contributed by atoms with van der Waals surface area (Å²) >= 11 is 7.48. The minimum Gasteiger partial charge on any atom is -0.478 e. The van der Waals surface area contributed by atoms with Crippen LogP contribution in [0.25, 0.3) is 0 Å². The number of anilines is 2. The lowest BCUT2D eigenvalue weighted by molar-refractivity contribution is -0.113. The minimum atomic E-state index is -1.02. The third-order valence-electron chi connectivity index (χ3n) is 6.46. The average Bonchev–Trinajstić information content (AvgIpc) is 3.31. The quantitative estimate of drug-likeness (QED) is 0.223. The van der Waals surface area contributed by atoms with E-state index in [0.717, 1.165) is 22.4 Å². The summed E-state index contributed by atoms with van der Waals surface area (Å²) in [5, 5.41) is 21.6. The highest BCUT2D eigenvalue weighted by molar-refractivity contribution is 7.98. The van der Waals surface area contributed by atoms with Crippen molar-refractivity contribution in [1.82, 2.24) is 14.8 Å². The average molecular weight is 560 g/mol. The smallest absolute Gasteiger partial charge is 0.335 e. The van der Waals surface area contributed by atoms with Crippen LogP contribution in [0.1, 0.15) is 45.6 Å². The molecule has 2 heterocycles. The standard InChI is InChI=1S/C29H26ClN5O3S/c1-16-4-13-23(17(2)14-16)32-26(36)24-18(3)31-28-33-29(39-15-19-5-11-22(30)12-6-19)34-35(28)25(24)20-7-9-21(10-8-20)27(37)38/h4-14,25H,15H2,1-3H3,(H,32,36)(H,37,38)(H,31,33,34). The van der Waals surface area contributed by atoms with Crippen molar-refractivity contribution in [1.29, 1.82) is 0 Å². The number of aromatic nitrogens is 3. The highest BCUT2D eigenvalue weighted by atomic mass is 35.5. The number of nitrogens with one attached hydrogen (secondary N) is 2. The van der Waals surface area contributed by atoms with Gasteiger partial charge in [-0.25, -0.2) is 9.48 Å². The van der Waals surface area contributed by atoms with Gasteiger partial charge in [0.1, 0.15) is 6.04 Å². The third kappa shape index (κ3) is 5.69. The van der Waals surface area contributed by atoms with Gasteiger partial charge in [-0.05, 0) is 67.8 Å². The van der Waals surface area contributed by atoms with E-state index < -0.39 is 12.0 Å². The topological polar surface area (TPSA) is 109 Å². The maximum atomic E-state index is 13.7. The number of nitrogens with zero attached hydrogens (tertiary/aromatic N) is 3. The fourth-order valence-electron chi connectivity index (χ4n) is 4.47. The van der Waals surface area contributed by atoms with Crippen molar-refractivity contribution in [2.24, 2.45) is 0 Å². The Morgan fingerprint density at radius 3 is 2.44 bits per heavy atom. The SMILES string of the molecule is CC1=C(C(=O)Nc2ccc(C)cc2C)C(c2ccc(C(=O)O)cc2)n2nc(SCc3ccc(Cl)cc3)nc2N1. The van der Waals surface area contributed by atoms with Gasteiger partial charge >= 0.3 is 5.97 Å². The van der Waals surface area contributed by atoms with E-state index in [1.165, 1.54) is 23.9 Å². The van der Waals surface area contributed by atoms with E-state index in [9.17, 15) is 14.7 Å². The number of carbonyl (C=O) groups is 2. The summed E-state index contributed by atoms with van der Waals surface area (Å²) in [6.07, 6.45) is 0. The van der Waals surface area contributed by atoms with Gasteiger partial charge in [-0.15, -0.1) is 5.10 Å². The molecule has 0 spiro atoms. The number of carbonyl (C=O) groups excluding carboxylic acids is 1. The number of carboxylic acid groups (broad SMARTS) is 1. The van der Waals surface area contributed by atoms with Crippen LogP contribution in [0.15, 0.2) is 83.2 Å². The Morgan fingerprint density at radius 1 is 1.05 bits per heavy atom. The normalized spacial score (nSPS) is 14.5. The van der Waals surface area contributed by atoms with Crippen LogP contribution in [0.2, 0.25) is 5.02 Å². The number of aromatic carboxylic acids is 1. The van der Waals surface area contributed by atoms with Gasteiger partial charge in [0.05, 0.1) is 11.1 Å². The molecule has 1 aromatic heterocycles. The van der Waals surface area contributed by atoms with Gasteiger partial charge in [-0.1, -0.05) is 65.3 Å².